The monoisotopic (exact) mass is 328 g/mol. The highest BCUT2D eigenvalue weighted by atomic mass is 16.6. The molecular weight excluding hydrogens is 308 g/mol. The van der Waals surface area contributed by atoms with Gasteiger partial charge >= 0.3 is 5.97 Å². The summed E-state index contributed by atoms with van der Waals surface area (Å²) < 4.78 is 15.9. The molecular formula is C18H20N2O4. The summed E-state index contributed by atoms with van der Waals surface area (Å²) in [7, 11) is 6.68. The largest absolute Gasteiger partial charge is 0.496 e. The molecule has 0 atom stereocenters. The number of hydrogen-bond acceptors (Lipinski definition) is 6. The maximum Gasteiger partial charge on any atom is 0.347 e. The molecule has 0 radical (unpaired) electrons. The number of hydrogen-bond donors (Lipinski definition) is 0. The molecule has 6 heteroatoms. The molecule has 0 unspecified atom stereocenters. The van der Waals surface area contributed by atoms with Gasteiger partial charge in [0.25, 0.3) is 0 Å². The molecule has 2 aromatic carbocycles. The lowest BCUT2D eigenvalue weighted by Gasteiger charge is -2.11. The van der Waals surface area contributed by atoms with Crippen LogP contribution in [0.5, 0.6) is 17.2 Å². The predicted molar refractivity (Wildman–Crippen MR) is 92.2 cm³/mol. The Hall–Kier alpha value is -3.02. The van der Waals surface area contributed by atoms with E-state index in [4.69, 9.17) is 14.2 Å². The van der Waals surface area contributed by atoms with Gasteiger partial charge in [0.1, 0.15) is 11.3 Å². The Morgan fingerprint density at radius 1 is 1.00 bits per heavy atom. The molecule has 0 aliphatic carbocycles. The van der Waals surface area contributed by atoms with Crippen LogP contribution in [0.15, 0.2) is 47.6 Å². The third-order valence-corrected chi connectivity index (χ3v) is 3.15. The van der Waals surface area contributed by atoms with E-state index >= 15 is 0 Å². The zero-order valence-corrected chi connectivity index (χ0v) is 14.1. The Morgan fingerprint density at radius 3 is 2.38 bits per heavy atom. The molecule has 0 fully saturated rings. The van der Waals surface area contributed by atoms with E-state index in [-0.39, 0.29) is 0 Å². The SMILES string of the molecule is COc1cc(/C=N\N(C)C)ccc1OC(=O)c1ccccc1OC. The minimum Gasteiger partial charge on any atom is -0.496 e. The standard InChI is InChI=1S/C18H20N2O4/c1-20(2)19-12-13-9-10-16(17(11-13)23-4)24-18(21)14-7-5-6-8-15(14)22-3/h5-12H,1-4H3/b19-12-. The minimum absolute atomic E-state index is 0.329. The van der Waals surface area contributed by atoms with E-state index in [0.29, 0.717) is 22.8 Å². The molecule has 0 amide bonds. The summed E-state index contributed by atoms with van der Waals surface area (Å²) in [5.41, 5.74) is 1.18. The van der Waals surface area contributed by atoms with Crippen molar-refractivity contribution in [1.82, 2.24) is 5.01 Å². The van der Waals surface area contributed by atoms with Crippen molar-refractivity contribution in [3.63, 3.8) is 0 Å². The van der Waals surface area contributed by atoms with Crippen molar-refractivity contribution in [3.8, 4) is 17.2 Å². The molecule has 0 aromatic heterocycles. The highest BCUT2D eigenvalue weighted by Gasteiger charge is 2.16. The van der Waals surface area contributed by atoms with Crippen molar-refractivity contribution in [2.75, 3.05) is 28.3 Å². The Labute approximate surface area is 141 Å². The highest BCUT2D eigenvalue weighted by Crippen LogP contribution is 2.29. The van der Waals surface area contributed by atoms with Crippen molar-refractivity contribution >= 4 is 12.2 Å². The van der Waals surface area contributed by atoms with Gasteiger partial charge in [0, 0.05) is 14.1 Å². The van der Waals surface area contributed by atoms with Crippen LogP contribution in [0.2, 0.25) is 0 Å². The summed E-state index contributed by atoms with van der Waals surface area (Å²) in [6.07, 6.45) is 1.69. The second-order valence-electron chi connectivity index (χ2n) is 5.09. The molecule has 6 nitrogen and oxygen atoms in total. The molecule has 0 spiro atoms. The number of ether oxygens (including phenoxy) is 3. The summed E-state index contributed by atoms with van der Waals surface area (Å²) in [6.45, 7) is 0. The third kappa shape index (κ3) is 4.25. The van der Waals surface area contributed by atoms with Gasteiger partial charge < -0.3 is 19.2 Å². The lowest BCUT2D eigenvalue weighted by atomic mass is 10.2. The number of rotatable bonds is 6. The van der Waals surface area contributed by atoms with Crippen LogP contribution in [-0.2, 0) is 0 Å². The second-order valence-corrected chi connectivity index (χ2v) is 5.09. The fourth-order valence-corrected chi connectivity index (χ4v) is 2.00. The molecule has 0 aliphatic heterocycles. The summed E-state index contributed by atoms with van der Waals surface area (Å²) in [5, 5.41) is 5.84. The van der Waals surface area contributed by atoms with Gasteiger partial charge in [-0.2, -0.15) is 5.10 Å². The number of carbonyl (C=O) groups excluding carboxylic acids is 1. The van der Waals surface area contributed by atoms with Crippen LogP contribution in [0.4, 0.5) is 0 Å². The Balaban J connectivity index is 2.24. The van der Waals surface area contributed by atoms with Crippen LogP contribution in [0.1, 0.15) is 15.9 Å². The Morgan fingerprint density at radius 2 is 1.71 bits per heavy atom. The molecule has 0 saturated carbocycles. The fourth-order valence-electron chi connectivity index (χ4n) is 2.00. The van der Waals surface area contributed by atoms with Crippen molar-refractivity contribution in [2.24, 2.45) is 5.10 Å². The maximum absolute atomic E-state index is 12.4. The van der Waals surface area contributed by atoms with E-state index in [1.54, 1.807) is 53.7 Å². The number of esters is 1. The zero-order valence-electron chi connectivity index (χ0n) is 14.1. The molecule has 0 bridgehead atoms. The number of carbonyl (C=O) groups is 1. The molecule has 0 heterocycles. The summed E-state index contributed by atoms with van der Waals surface area (Å²) in [4.78, 5) is 12.4. The van der Waals surface area contributed by atoms with E-state index in [1.165, 1.54) is 14.2 Å². The number of methoxy groups -OCH3 is 2. The van der Waals surface area contributed by atoms with Crippen LogP contribution in [0.25, 0.3) is 0 Å². The van der Waals surface area contributed by atoms with Gasteiger partial charge in [-0.1, -0.05) is 12.1 Å². The number of nitrogens with zero attached hydrogens (tertiary/aromatic N) is 2. The molecule has 0 saturated heterocycles. The number of hydrazone groups is 1. The normalized spacial score (nSPS) is 10.5. The molecule has 0 N–H and O–H groups in total. The Bertz CT molecular complexity index is 742. The van der Waals surface area contributed by atoms with E-state index in [0.717, 1.165) is 5.56 Å². The van der Waals surface area contributed by atoms with Crippen LogP contribution >= 0.6 is 0 Å². The van der Waals surface area contributed by atoms with E-state index in [9.17, 15) is 4.79 Å². The quantitative estimate of drug-likeness (QED) is 0.353. The van der Waals surface area contributed by atoms with Crippen molar-refractivity contribution < 1.29 is 19.0 Å². The fraction of sp³-hybridized carbons (Fsp3) is 0.222. The lowest BCUT2D eigenvalue weighted by molar-refractivity contribution is 0.0726. The van der Waals surface area contributed by atoms with E-state index < -0.39 is 5.97 Å². The van der Waals surface area contributed by atoms with Gasteiger partial charge in [-0.3, -0.25) is 0 Å². The molecule has 0 aliphatic rings. The first kappa shape index (κ1) is 17.3. The minimum atomic E-state index is -0.513. The van der Waals surface area contributed by atoms with E-state index in [2.05, 4.69) is 5.10 Å². The number of para-hydroxylation sites is 1. The van der Waals surface area contributed by atoms with Gasteiger partial charge in [-0.25, -0.2) is 4.79 Å². The van der Waals surface area contributed by atoms with Crippen LogP contribution < -0.4 is 14.2 Å². The maximum atomic E-state index is 12.4. The average Bonchev–Trinajstić information content (AvgIpc) is 2.60. The van der Waals surface area contributed by atoms with Crippen molar-refractivity contribution in [1.29, 1.82) is 0 Å². The first-order valence-corrected chi connectivity index (χ1v) is 7.29. The van der Waals surface area contributed by atoms with Crippen LogP contribution in [0.3, 0.4) is 0 Å². The molecule has 2 rings (SSSR count). The molecule has 24 heavy (non-hydrogen) atoms. The zero-order chi connectivity index (χ0) is 17.5. The third-order valence-electron chi connectivity index (χ3n) is 3.15. The second kappa shape index (κ2) is 8.01. The summed E-state index contributed by atoms with van der Waals surface area (Å²) in [5.74, 6) is 0.716. The first-order valence-electron chi connectivity index (χ1n) is 7.29. The molecule has 126 valence electrons. The van der Waals surface area contributed by atoms with Gasteiger partial charge in [0.05, 0.1) is 20.4 Å². The predicted octanol–water partition coefficient (Wildman–Crippen LogP) is 2.82. The number of benzene rings is 2. The topological polar surface area (TPSA) is 60.4 Å². The molecule has 2 aromatic rings. The van der Waals surface area contributed by atoms with Gasteiger partial charge in [-0.05, 0) is 35.9 Å². The highest BCUT2D eigenvalue weighted by molar-refractivity contribution is 5.94. The summed E-state index contributed by atoms with van der Waals surface area (Å²) in [6, 6.07) is 12.1. The van der Waals surface area contributed by atoms with Crippen LogP contribution in [-0.4, -0.2) is 45.5 Å². The van der Waals surface area contributed by atoms with E-state index in [1.807, 2.05) is 14.1 Å². The summed E-state index contributed by atoms with van der Waals surface area (Å²) >= 11 is 0. The smallest absolute Gasteiger partial charge is 0.347 e. The lowest BCUT2D eigenvalue weighted by Crippen LogP contribution is -2.11. The Kier molecular flexibility index (Phi) is 5.78. The van der Waals surface area contributed by atoms with Crippen molar-refractivity contribution in [3.05, 3.63) is 53.6 Å². The van der Waals surface area contributed by atoms with Gasteiger partial charge in [0.2, 0.25) is 0 Å². The van der Waals surface area contributed by atoms with Gasteiger partial charge in [-0.15, -0.1) is 0 Å². The average molecular weight is 328 g/mol. The first-order chi connectivity index (χ1) is 11.5. The van der Waals surface area contributed by atoms with Gasteiger partial charge in [0.15, 0.2) is 11.5 Å². The van der Waals surface area contributed by atoms with Crippen molar-refractivity contribution in [2.45, 2.75) is 0 Å². The van der Waals surface area contributed by atoms with Crippen LogP contribution in [0, 0.1) is 0 Å².